The van der Waals surface area contributed by atoms with Gasteiger partial charge in [0.25, 0.3) is 0 Å². The first-order valence-electron chi connectivity index (χ1n) is 16.9. The molecule has 3 aromatic carbocycles. The molecule has 1 N–H and O–H groups in total. The molecule has 1 fully saturated rings. The summed E-state index contributed by atoms with van der Waals surface area (Å²) in [7, 11) is 1.29. The van der Waals surface area contributed by atoms with Crippen LogP contribution in [-0.2, 0) is 25.5 Å². The summed E-state index contributed by atoms with van der Waals surface area (Å²) in [5.41, 5.74) is 7.20. The van der Waals surface area contributed by atoms with Crippen molar-refractivity contribution in [3.05, 3.63) is 154 Å². The largest absolute Gasteiger partial charge is 0.466 e. The number of esters is 2. The summed E-state index contributed by atoms with van der Waals surface area (Å²) in [4.78, 5) is 35.9. The Bertz CT molecular complexity index is 1890. The van der Waals surface area contributed by atoms with Gasteiger partial charge in [0, 0.05) is 55.9 Å². The van der Waals surface area contributed by atoms with Crippen LogP contribution >= 0.6 is 12.4 Å². The van der Waals surface area contributed by atoms with E-state index in [2.05, 4.69) is 111 Å². The number of nitrogens with one attached hydrogen (secondary N) is 1. The van der Waals surface area contributed by atoms with Crippen LogP contribution in [0.25, 0.3) is 0 Å². The summed E-state index contributed by atoms with van der Waals surface area (Å²) < 4.78 is 10.9. The van der Waals surface area contributed by atoms with Gasteiger partial charge in [-0.25, -0.2) is 9.59 Å². The van der Waals surface area contributed by atoms with Crippen LogP contribution < -0.4 is 10.2 Å². The van der Waals surface area contributed by atoms with Gasteiger partial charge >= 0.3 is 11.9 Å². The fraction of sp³-hybridized carbons (Fsp3) is 0.268. The van der Waals surface area contributed by atoms with Crippen LogP contribution in [0.15, 0.2) is 126 Å². The number of methoxy groups -OCH3 is 1. The molecule has 10 heteroatoms. The topological polar surface area (TPSA) is 108 Å². The Labute approximate surface area is 305 Å². The molecular weight excluding hydrogens is 662 g/mol. The number of dihydropyridines is 1. The highest BCUT2D eigenvalue weighted by molar-refractivity contribution is 5.99. The van der Waals surface area contributed by atoms with E-state index in [4.69, 9.17) is 9.47 Å². The van der Waals surface area contributed by atoms with Gasteiger partial charge in [-0.2, -0.15) is 5.26 Å². The number of carbonyl (C=O) groups excluding carboxylic acids is 2. The maximum absolute atomic E-state index is 13.6. The van der Waals surface area contributed by atoms with Crippen molar-refractivity contribution >= 4 is 30.0 Å². The van der Waals surface area contributed by atoms with Crippen molar-refractivity contribution < 1.29 is 19.1 Å². The van der Waals surface area contributed by atoms with Gasteiger partial charge in [-0.05, 0) is 54.8 Å². The molecule has 0 aliphatic carbocycles. The number of rotatable bonds is 10. The first-order chi connectivity index (χ1) is 24.4. The summed E-state index contributed by atoms with van der Waals surface area (Å²) in [6, 6.07) is 35.3. The third-order valence-corrected chi connectivity index (χ3v) is 9.43. The summed E-state index contributed by atoms with van der Waals surface area (Å²) in [5.74, 6) is -1.99. The second-order valence-electron chi connectivity index (χ2n) is 12.5. The molecule has 1 aromatic heterocycles. The molecule has 51 heavy (non-hydrogen) atoms. The summed E-state index contributed by atoms with van der Waals surface area (Å²) in [5, 5.41) is 12.6. The van der Waals surface area contributed by atoms with Gasteiger partial charge in [0.05, 0.1) is 54.1 Å². The van der Waals surface area contributed by atoms with Crippen LogP contribution in [0.5, 0.6) is 0 Å². The summed E-state index contributed by atoms with van der Waals surface area (Å²) in [6.45, 7) is 7.39. The number of ether oxygens (including phenoxy) is 2. The van der Waals surface area contributed by atoms with E-state index in [0.717, 1.165) is 31.7 Å². The molecule has 1 saturated heterocycles. The number of hydrogen-bond donors (Lipinski definition) is 1. The van der Waals surface area contributed by atoms with Crippen LogP contribution in [0.2, 0.25) is 0 Å². The lowest BCUT2D eigenvalue weighted by atomic mass is 9.82. The SMILES string of the molecule is COC(=O)C1=C(C)NC(C)=C(C(=O)OCCc2ccc(N3CCN(C(c4ccccc4)c4ccccc4)CC3)cc2)C1c1cc(C#N)ccn1.Cl. The van der Waals surface area contributed by atoms with E-state index in [1.54, 1.807) is 26.0 Å². The number of aromatic nitrogens is 1. The van der Waals surface area contributed by atoms with Crippen molar-refractivity contribution in [2.45, 2.75) is 32.2 Å². The Morgan fingerprint density at radius 3 is 2.02 bits per heavy atom. The van der Waals surface area contributed by atoms with Gasteiger partial charge < -0.3 is 19.7 Å². The third-order valence-electron chi connectivity index (χ3n) is 9.43. The van der Waals surface area contributed by atoms with Crippen LogP contribution in [0.3, 0.4) is 0 Å². The van der Waals surface area contributed by atoms with Gasteiger partial charge in [-0.3, -0.25) is 9.88 Å². The van der Waals surface area contributed by atoms with E-state index < -0.39 is 17.9 Å². The zero-order chi connectivity index (χ0) is 35.0. The molecule has 9 nitrogen and oxygen atoms in total. The molecule has 1 unspecified atom stereocenters. The predicted octanol–water partition coefficient (Wildman–Crippen LogP) is 6.48. The van der Waals surface area contributed by atoms with E-state index >= 15 is 0 Å². The number of nitrogens with zero attached hydrogens (tertiary/aromatic N) is 4. The number of pyridine rings is 1. The molecule has 0 amide bonds. The number of hydrogen-bond acceptors (Lipinski definition) is 9. The number of anilines is 1. The molecule has 0 spiro atoms. The van der Waals surface area contributed by atoms with Crippen LogP contribution in [0.1, 0.15) is 53.8 Å². The smallest absolute Gasteiger partial charge is 0.336 e. The number of nitriles is 1. The third kappa shape index (κ3) is 8.31. The van der Waals surface area contributed by atoms with Gasteiger partial charge in [0.2, 0.25) is 0 Å². The molecule has 0 saturated carbocycles. The van der Waals surface area contributed by atoms with Crippen molar-refractivity contribution in [2.24, 2.45) is 0 Å². The molecule has 4 aromatic rings. The summed E-state index contributed by atoms with van der Waals surface area (Å²) in [6.07, 6.45) is 2.02. The van der Waals surface area contributed by atoms with Gasteiger partial charge in [0.1, 0.15) is 0 Å². The first kappa shape index (κ1) is 36.8. The first-order valence-corrected chi connectivity index (χ1v) is 16.9. The van der Waals surface area contributed by atoms with Crippen molar-refractivity contribution in [2.75, 3.05) is 44.8 Å². The Hall–Kier alpha value is -5.43. The number of carbonyl (C=O) groups is 2. The van der Waals surface area contributed by atoms with Gasteiger partial charge in [-0.1, -0.05) is 72.8 Å². The van der Waals surface area contributed by atoms with Crippen molar-refractivity contribution in [3.63, 3.8) is 0 Å². The average molecular weight is 704 g/mol. The van der Waals surface area contributed by atoms with Crippen LogP contribution in [0, 0.1) is 11.3 Å². The zero-order valence-electron chi connectivity index (χ0n) is 29.0. The van der Waals surface area contributed by atoms with E-state index in [1.165, 1.54) is 30.1 Å². The molecule has 2 aliphatic rings. The highest BCUT2D eigenvalue weighted by Crippen LogP contribution is 2.38. The zero-order valence-corrected chi connectivity index (χ0v) is 29.9. The highest BCUT2D eigenvalue weighted by atomic mass is 35.5. The quantitative estimate of drug-likeness (QED) is 0.186. The Morgan fingerprint density at radius 2 is 1.45 bits per heavy atom. The van der Waals surface area contributed by atoms with Crippen molar-refractivity contribution in [3.8, 4) is 6.07 Å². The molecule has 0 bridgehead atoms. The Balaban J connectivity index is 0.00000504. The fourth-order valence-corrected chi connectivity index (χ4v) is 6.95. The molecule has 2 aliphatic heterocycles. The predicted molar refractivity (Wildman–Crippen MR) is 199 cm³/mol. The van der Waals surface area contributed by atoms with Crippen LogP contribution in [-0.4, -0.2) is 61.7 Å². The normalized spacial score (nSPS) is 16.2. The van der Waals surface area contributed by atoms with Crippen molar-refractivity contribution in [1.29, 1.82) is 5.26 Å². The van der Waals surface area contributed by atoms with Crippen LogP contribution in [0.4, 0.5) is 5.69 Å². The second kappa shape index (κ2) is 17.0. The standard InChI is InChI=1S/C41H41N5O4.ClH/c1-28-36(40(47)49-3)38(35-26-31(27-42)18-20-43-35)37(29(2)44-28)41(48)50-25-19-30-14-16-34(17-15-30)45-21-23-46(24-22-45)39(32-10-6-4-7-11-32)33-12-8-5-9-13-33;/h4-18,20,26,38-39,44H,19,21-25H2,1-3H3;1H. The molecule has 1 atom stereocenters. The Morgan fingerprint density at radius 1 is 0.863 bits per heavy atom. The lowest BCUT2D eigenvalue weighted by molar-refractivity contribution is -0.139. The second-order valence-corrected chi connectivity index (χ2v) is 12.5. The monoisotopic (exact) mass is 703 g/mol. The Kier molecular flexibility index (Phi) is 12.3. The number of benzene rings is 3. The van der Waals surface area contributed by atoms with E-state index in [1.807, 2.05) is 0 Å². The van der Waals surface area contributed by atoms with Crippen molar-refractivity contribution in [1.82, 2.24) is 15.2 Å². The number of piperazine rings is 1. The minimum absolute atomic E-state index is 0. The lowest BCUT2D eigenvalue weighted by Crippen LogP contribution is -2.48. The highest BCUT2D eigenvalue weighted by Gasteiger charge is 2.39. The maximum Gasteiger partial charge on any atom is 0.336 e. The lowest BCUT2D eigenvalue weighted by Gasteiger charge is -2.40. The van der Waals surface area contributed by atoms with E-state index in [-0.39, 0.29) is 36.2 Å². The molecular formula is C41H42ClN5O4. The minimum Gasteiger partial charge on any atom is -0.466 e. The average Bonchev–Trinajstić information content (AvgIpc) is 3.16. The number of halogens is 1. The molecule has 0 radical (unpaired) electrons. The van der Waals surface area contributed by atoms with Gasteiger partial charge in [-0.15, -0.1) is 12.4 Å². The van der Waals surface area contributed by atoms with E-state index in [0.29, 0.717) is 29.1 Å². The number of allylic oxidation sites excluding steroid dienone is 2. The maximum atomic E-state index is 13.6. The van der Waals surface area contributed by atoms with E-state index in [9.17, 15) is 14.9 Å². The summed E-state index contributed by atoms with van der Waals surface area (Å²) >= 11 is 0. The van der Waals surface area contributed by atoms with Gasteiger partial charge in [0.15, 0.2) is 0 Å². The molecule has 3 heterocycles. The fourth-order valence-electron chi connectivity index (χ4n) is 6.95. The minimum atomic E-state index is -0.847. The molecule has 6 rings (SSSR count). The molecule has 262 valence electrons.